The standard InChI is InChI=1S/C30H50O2/c1-19(2)20-10-15-30(18-31)17-16-28(6)21(25(20)30)8-9-23-27(5)13-12-24(32)26(3,4)22(27)11-14-29(23,28)7/h20-25,31-32H,1,8-18H2,2-7H3/t20-,21-,22+,23+,24-,25-,27-,28+,29+,30-/m1/s1. The fourth-order valence-corrected chi connectivity index (χ4v) is 11.5. The number of aliphatic hydroxyl groups is 2. The van der Waals surface area contributed by atoms with Crippen LogP contribution in [0.3, 0.4) is 0 Å². The first-order valence-electron chi connectivity index (χ1n) is 13.8. The Labute approximate surface area is 197 Å². The lowest BCUT2D eigenvalue weighted by Crippen LogP contribution is -2.66. The van der Waals surface area contributed by atoms with Crippen LogP contribution in [-0.2, 0) is 0 Å². The monoisotopic (exact) mass is 442 g/mol. The number of allylic oxidation sites excluding steroid dienone is 1. The number of hydrogen-bond donors (Lipinski definition) is 2. The molecular weight excluding hydrogens is 392 g/mol. The van der Waals surface area contributed by atoms with E-state index < -0.39 is 0 Å². The van der Waals surface area contributed by atoms with Gasteiger partial charge in [-0.15, -0.1) is 0 Å². The Kier molecular flexibility index (Phi) is 5.19. The van der Waals surface area contributed by atoms with E-state index in [1.807, 2.05) is 0 Å². The number of fused-ring (bicyclic) bond motifs is 7. The highest BCUT2D eigenvalue weighted by Crippen LogP contribution is 2.77. The van der Waals surface area contributed by atoms with Gasteiger partial charge in [0.1, 0.15) is 0 Å². The third-order valence-electron chi connectivity index (χ3n) is 13.5. The highest BCUT2D eigenvalue weighted by Gasteiger charge is 2.70. The van der Waals surface area contributed by atoms with Gasteiger partial charge in [-0.05, 0) is 128 Å². The first-order valence-corrected chi connectivity index (χ1v) is 13.8. The number of hydrogen-bond acceptors (Lipinski definition) is 2. The Hall–Kier alpha value is -0.340. The van der Waals surface area contributed by atoms with Crippen LogP contribution in [0.4, 0.5) is 0 Å². The molecule has 2 N–H and O–H groups in total. The van der Waals surface area contributed by atoms with Crippen LogP contribution in [0.25, 0.3) is 0 Å². The van der Waals surface area contributed by atoms with E-state index >= 15 is 0 Å². The first kappa shape index (κ1) is 23.4. The molecule has 0 bridgehead atoms. The van der Waals surface area contributed by atoms with E-state index in [-0.39, 0.29) is 16.9 Å². The lowest BCUT2D eigenvalue weighted by molar-refractivity contribution is -0.249. The molecule has 0 amide bonds. The van der Waals surface area contributed by atoms with Gasteiger partial charge in [-0.1, -0.05) is 46.8 Å². The van der Waals surface area contributed by atoms with Gasteiger partial charge in [-0.3, -0.25) is 0 Å². The average molecular weight is 443 g/mol. The van der Waals surface area contributed by atoms with Crippen molar-refractivity contribution in [1.29, 1.82) is 0 Å². The molecule has 0 radical (unpaired) electrons. The molecule has 0 heterocycles. The van der Waals surface area contributed by atoms with Gasteiger partial charge in [0, 0.05) is 6.61 Å². The quantitative estimate of drug-likeness (QED) is 0.452. The molecule has 0 aromatic heterocycles. The lowest BCUT2D eigenvalue weighted by Gasteiger charge is -2.73. The van der Waals surface area contributed by atoms with E-state index in [1.165, 1.54) is 63.4 Å². The van der Waals surface area contributed by atoms with Crippen LogP contribution in [0.2, 0.25) is 0 Å². The van der Waals surface area contributed by atoms with Gasteiger partial charge in [0.2, 0.25) is 0 Å². The van der Waals surface area contributed by atoms with Crippen LogP contribution in [0.1, 0.15) is 106 Å². The van der Waals surface area contributed by atoms with Gasteiger partial charge in [0.05, 0.1) is 6.10 Å². The maximum atomic E-state index is 10.9. The second kappa shape index (κ2) is 7.09. The minimum absolute atomic E-state index is 0.0290. The van der Waals surface area contributed by atoms with E-state index in [4.69, 9.17) is 0 Å². The molecule has 0 saturated heterocycles. The fourth-order valence-electron chi connectivity index (χ4n) is 11.5. The van der Waals surface area contributed by atoms with Crippen LogP contribution < -0.4 is 0 Å². The van der Waals surface area contributed by atoms with Crippen molar-refractivity contribution in [3.05, 3.63) is 12.2 Å². The van der Waals surface area contributed by atoms with Gasteiger partial charge in [0.25, 0.3) is 0 Å². The van der Waals surface area contributed by atoms with E-state index in [9.17, 15) is 10.2 Å². The minimum Gasteiger partial charge on any atom is -0.396 e. The molecule has 5 saturated carbocycles. The summed E-state index contributed by atoms with van der Waals surface area (Å²) in [4.78, 5) is 0. The third kappa shape index (κ3) is 2.66. The molecule has 2 nitrogen and oxygen atoms in total. The summed E-state index contributed by atoms with van der Waals surface area (Å²) in [6, 6.07) is 0. The fraction of sp³-hybridized carbons (Fsp3) is 0.933. The smallest absolute Gasteiger partial charge is 0.0594 e. The molecule has 10 atom stereocenters. The second-order valence-electron chi connectivity index (χ2n) is 14.6. The first-order chi connectivity index (χ1) is 14.9. The molecule has 0 unspecified atom stereocenters. The average Bonchev–Trinajstić information content (AvgIpc) is 3.12. The molecule has 182 valence electrons. The van der Waals surface area contributed by atoms with E-state index in [0.29, 0.717) is 40.6 Å². The van der Waals surface area contributed by atoms with Crippen molar-refractivity contribution in [1.82, 2.24) is 0 Å². The molecule has 0 aliphatic heterocycles. The Balaban J connectivity index is 1.55. The summed E-state index contributed by atoms with van der Waals surface area (Å²) in [5.74, 6) is 3.33. The Morgan fingerprint density at radius 3 is 2.19 bits per heavy atom. The topological polar surface area (TPSA) is 40.5 Å². The molecule has 5 fully saturated rings. The van der Waals surface area contributed by atoms with Crippen molar-refractivity contribution in [2.75, 3.05) is 6.61 Å². The highest BCUT2D eigenvalue weighted by molar-refractivity contribution is 5.21. The Morgan fingerprint density at radius 2 is 1.53 bits per heavy atom. The summed E-state index contributed by atoms with van der Waals surface area (Å²) in [5.41, 5.74) is 2.60. The summed E-state index contributed by atoms with van der Waals surface area (Å²) in [7, 11) is 0. The van der Waals surface area contributed by atoms with Gasteiger partial charge in [-0.2, -0.15) is 0 Å². The normalized spacial score (nSPS) is 56.5. The summed E-state index contributed by atoms with van der Waals surface area (Å²) in [6.07, 6.45) is 12.2. The van der Waals surface area contributed by atoms with E-state index in [0.717, 1.165) is 18.3 Å². The van der Waals surface area contributed by atoms with Crippen LogP contribution in [0.5, 0.6) is 0 Å². The lowest BCUT2D eigenvalue weighted by atomic mass is 9.32. The number of rotatable bonds is 2. The van der Waals surface area contributed by atoms with E-state index in [2.05, 4.69) is 48.1 Å². The van der Waals surface area contributed by atoms with Gasteiger partial charge in [0.15, 0.2) is 0 Å². The summed E-state index contributed by atoms with van der Waals surface area (Å²) < 4.78 is 0. The minimum atomic E-state index is -0.147. The predicted molar refractivity (Wildman–Crippen MR) is 132 cm³/mol. The van der Waals surface area contributed by atoms with Crippen molar-refractivity contribution in [2.24, 2.45) is 56.7 Å². The molecule has 32 heavy (non-hydrogen) atoms. The maximum Gasteiger partial charge on any atom is 0.0594 e. The molecule has 5 rings (SSSR count). The SMILES string of the molecule is C=C(C)[C@H]1CC[C@]2(CO)CC[C@@]3(C)[C@H](CC[C@H]4[C@]5(C)CC[C@@H](O)C(C)(C)[C@@H]5CC[C@@]43C)[C@@H]12. The summed E-state index contributed by atoms with van der Waals surface area (Å²) in [6.45, 7) is 19.7. The summed E-state index contributed by atoms with van der Waals surface area (Å²) in [5, 5.41) is 21.5. The number of aliphatic hydroxyl groups excluding tert-OH is 2. The zero-order chi connectivity index (χ0) is 23.3. The molecule has 2 heteroatoms. The van der Waals surface area contributed by atoms with Crippen LogP contribution >= 0.6 is 0 Å². The summed E-state index contributed by atoms with van der Waals surface area (Å²) >= 11 is 0. The Morgan fingerprint density at radius 1 is 0.812 bits per heavy atom. The van der Waals surface area contributed by atoms with Gasteiger partial charge < -0.3 is 10.2 Å². The molecule has 5 aliphatic carbocycles. The molecule has 0 spiro atoms. The highest BCUT2D eigenvalue weighted by atomic mass is 16.3. The van der Waals surface area contributed by atoms with Gasteiger partial charge >= 0.3 is 0 Å². The molecule has 0 aromatic carbocycles. The van der Waals surface area contributed by atoms with Gasteiger partial charge in [-0.25, -0.2) is 0 Å². The van der Waals surface area contributed by atoms with Crippen LogP contribution in [-0.4, -0.2) is 22.9 Å². The van der Waals surface area contributed by atoms with Crippen LogP contribution in [0.15, 0.2) is 12.2 Å². The van der Waals surface area contributed by atoms with Crippen molar-refractivity contribution in [3.63, 3.8) is 0 Å². The Bertz CT molecular complexity index is 786. The largest absolute Gasteiger partial charge is 0.396 e. The third-order valence-corrected chi connectivity index (χ3v) is 13.5. The van der Waals surface area contributed by atoms with Crippen LogP contribution in [0, 0.1) is 56.7 Å². The molecular formula is C30H50O2. The second-order valence-corrected chi connectivity index (χ2v) is 14.6. The van der Waals surface area contributed by atoms with Crippen molar-refractivity contribution < 1.29 is 10.2 Å². The maximum absolute atomic E-state index is 10.9. The predicted octanol–water partition coefficient (Wildman–Crippen LogP) is 7.00. The van der Waals surface area contributed by atoms with Crippen molar-refractivity contribution in [3.8, 4) is 0 Å². The van der Waals surface area contributed by atoms with Crippen molar-refractivity contribution >= 4 is 0 Å². The zero-order valence-corrected chi connectivity index (χ0v) is 21.8. The van der Waals surface area contributed by atoms with E-state index in [1.54, 1.807) is 0 Å². The van der Waals surface area contributed by atoms with Crippen molar-refractivity contribution in [2.45, 2.75) is 112 Å². The zero-order valence-electron chi connectivity index (χ0n) is 21.8. The molecule has 5 aliphatic rings. The molecule has 0 aromatic rings.